The van der Waals surface area contributed by atoms with Crippen LogP contribution in [0.3, 0.4) is 0 Å². The van der Waals surface area contributed by atoms with Crippen molar-refractivity contribution >= 4 is 37.5 Å². The number of hydrogen-bond donors (Lipinski definition) is 1. The smallest absolute Gasteiger partial charge is 0.333 e. The Morgan fingerprint density at radius 1 is 1.20 bits per heavy atom. The van der Waals surface area contributed by atoms with Crippen LogP contribution in [0.4, 0.5) is 0 Å². The van der Waals surface area contributed by atoms with Gasteiger partial charge < -0.3 is 19.0 Å². The van der Waals surface area contributed by atoms with Crippen molar-refractivity contribution in [3.63, 3.8) is 0 Å². The van der Waals surface area contributed by atoms with Crippen LogP contribution in [0.1, 0.15) is 43.9 Å². The molecule has 4 atom stereocenters. The highest BCUT2D eigenvalue weighted by Gasteiger charge is 2.45. The summed E-state index contributed by atoms with van der Waals surface area (Å²) >= 11 is 1.17. The molecule has 0 bridgehead atoms. The monoisotopic (exact) mass is 672 g/mol. The molecule has 246 valence electrons. The maximum Gasteiger partial charge on any atom is 0.333 e. The van der Waals surface area contributed by atoms with Gasteiger partial charge in [-0.2, -0.15) is 0 Å². The van der Waals surface area contributed by atoms with Crippen LogP contribution in [-0.4, -0.2) is 70.5 Å². The number of nitrogens with zero attached hydrogens (tertiary/aromatic N) is 4. The average molecular weight is 673 g/mol. The number of thiophene rings is 1. The molecule has 1 saturated carbocycles. The van der Waals surface area contributed by atoms with Crippen LogP contribution in [0, 0.1) is 18.8 Å². The minimum absolute atomic E-state index is 0.0576. The number of hydrogen-bond acceptors (Lipinski definition) is 10. The van der Waals surface area contributed by atoms with Crippen LogP contribution >= 0.6 is 11.3 Å². The predicted octanol–water partition coefficient (Wildman–Crippen LogP) is 3.44. The van der Waals surface area contributed by atoms with Gasteiger partial charge in [0.15, 0.2) is 0 Å². The summed E-state index contributed by atoms with van der Waals surface area (Å²) in [5.74, 6) is -0.223. The Labute approximate surface area is 269 Å². The number of sulfonamides is 1. The Hall–Kier alpha value is -3.79. The van der Waals surface area contributed by atoms with Gasteiger partial charge >= 0.3 is 11.7 Å². The van der Waals surface area contributed by atoms with Gasteiger partial charge in [0.05, 0.1) is 42.5 Å². The molecule has 1 aromatic carbocycles. The van der Waals surface area contributed by atoms with E-state index in [1.165, 1.54) is 52.8 Å². The Bertz CT molecular complexity index is 2010. The number of carboxylic acid groups (broad SMARTS) is 1. The van der Waals surface area contributed by atoms with E-state index >= 15 is 0 Å². The van der Waals surface area contributed by atoms with E-state index in [2.05, 4.69) is 4.98 Å². The Morgan fingerprint density at radius 2 is 1.87 bits per heavy atom. The van der Waals surface area contributed by atoms with Crippen molar-refractivity contribution in [3.8, 4) is 16.5 Å². The van der Waals surface area contributed by atoms with Crippen molar-refractivity contribution in [2.75, 3.05) is 26.5 Å². The number of aliphatic carboxylic acids is 1. The van der Waals surface area contributed by atoms with Gasteiger partial charge in [-0.1, -0.05) is 18.2 Å². The van der Waals surface area contributed by atoms with Crippen LogP contribution in [0.2, 0.25) is 0 Å². The van der Waals surface area contributed by atoms with Crippen molar-refractivity contribution in [2.45, 2.75) is 57.9 Å². The second-order valence-electron chi connectivity index (χ2n) is 12.5. The summed E-state index contributed by atoms with van der Waals surface area (Å²) in [6.45, 7) is 5.18. The summed E-state index contributed by atoms with van der Waals surface area (Å²) < 4.78 is 46.0. The van der Waals surface area contributed by atoms with Gasteiger partial charge in [-0.15, -0.1) is 11.3 Å². The van der Waals surface area contributed by atoms with Crippen LogP contribution in [-0.2, 0) is 31.6 Å². The molecule has 46 heavy (non-hydrogen) atoms. The molecule has 0 spiro atoms. The number of oxazole rings is 1. The number of benzene rings is 1. The number of fused-ring (bicyclic) bond motifs is 2. The first kappa shape index (κ1) is 32.2. The number of carbonyl (C=O) groups is 1. The highest BCUT2D eigenvalue weighted by Crippen LogP contribution is 2.43. The minimum atomic E-state index is -3.29. The molecular formula is C31H36N4O9S2. The molecule has 2 fully saturated rings. The summed E-state index contributed by atoms with van der Waals surface area (Å²) in [4.78, 5) is 45.7. The Kier molecular flexibility index (Phi) is 8.24. The summed E-state index contributed by atoms with van der Waals surface area (Å²) in [5, 5.41) is 10.3. The lowest BCUT2D eigenvalue weighted by Gasteiger charge is -2.28. The van der Waals surface area contributed by atoms with Crippen molar-refractivity contribution < 1.29 is 32.2 Å². The standard InChI is InChI=1S/C31H36N4O9S2/c1-17-24-27(36)35(31(2,3)29(37)38)30(39)34(28(24)45-25(17)26-32-10-11-43-26)16-23(21-8-6-7-9-22(21)42-4)44-20-12-18-14-33(46(5,40)41)15-19(18)13-20/h6-11,18-20,23H,12-16H2,1-5H3,(H,37,38)/t18-,19+,20?,23-/m1/s1. The minimum Gasteiger partial charge on any atom is -0.496 e. The molecule has 4 aromatic rings. The van der Waals surface area contributed by atoms with Gasteiger partial charge in [0, 0.05) is 18.7 Å². The first-order valence-electron chi connectivity index (χ1n) is 14.9. The van der Waals surface area contributed by atoms with Gasteiger partial charge in [-0.3, -0.25) is 9.36 Å². The molecule has 1 aliphatic carbocycles. The lowest BCUT2D eigenvalue weighted by molar-refractivity contribution is -0.146. The number of aryl methyl sites for hydroxylation is 1. The van der Waals surface area contributed by atoms with E-state index in [1.54, 1.807) is 20.1 Å². The topological polar surface area (TPSA) is 163 Å². The molecule has 6 rings (SSSR count). The van der Waals surface area contributed by atoms with Gasteiger partial charge in [0.25, 0.3) is 5.56 Å². The van der Waals surface area contributed by atoms with E-state index in [1.807, 2.05) is 18.2 Å². The van der Waals surface area contributed by atoms with Crippen LogP contribution in [0.25, 0.3) is 21.0 Å². The van der Waals surface area contributed by atoms with Crippen LogP contribution < -0.4 is 16.0 Å². The third-order valence-corrected chi connectivity index (χ3v) is 11.8. The third-order valence-electron chi connectivity index (χ3n) is 9.26. The lowest BCUT2D eigenvalue weighted by Crippen LogP contribution is -2.52. The van der Waals surface area contributed by atoms with Gasteiger partial charge in [0.1, 0.15) is 28.5 Å². The number of methoxy groups -OCH3 is 1. The molecule has 1 unspecified atom stereocenters. The van der Waals surface area contributed by atoms with Gasteiger partial charge in [-0.25, -0.2) is 31.9 Å². The van der Waals surface area contributed by atoms with Gasteiger partial charge in [-0.05, 0) is 57.1 Å². The Balaban J connectivity index is 1.48. The molecule has 13 nitrogen and oxygen atoms in total. The Morgan fingerprint density at radius 3 is 2.46 bits per heavy atom. The van der Waals surface area contributed by atoms with E-state index in [0.29, 0.717) is 52.5 Å². The fourth-order valence-corrected chi connectivity index (χ4v) is 8.93. The second kappa shape index (κ2) is 11.8. The summed E-state index contributed by atoms with van der Waals surface area (Å²) in [7, 11) is -1.75. The van der Waals surface area contributed by atoms with Gasteiger partial charge in [0.2, 0.25) is 15.9 Å². The number of rotatable bonds is 10. The quantitative estimate of drug-likeness (QED) is 0.264. The summed E-state index contributed by atoms with van der Waals surface area (Å²) in [6.07, 6.45) is 4.44. The highest BCUT2D eigenvalue weighted by molar-refractivity contribution is 7.88. The second-order valence-corrected chi connectivity index (χ2v) is 15.5. The number of aromatic nitrogens is 3. The molecule has 3 aromatic heterocycles. The zero-order valence-electron chi connectivity index (χ0n) is 26.1. The van der Waals surface area contributed by atoms with Crippen LogP contribution in [0.5, 0.6) is 5.75 Å². The number of para-hydroxylation sites is 1. The molecule has 1 aliphatic heterocycles. The maximum absolute atomic E-state index is 14.3. The molecule has 2 aliphatic rings. The zero-order valence-corrected chi connectivity index (χ0v) is 27.8. The summed E-state index contributed by atoms with van der Waals surface area (Å²) in [5.41, 5.74) is -2.18. The first-order valence-corrected chi connectivity index (χ1v) is 17.5. The highest BCUT2D eigenvalue weighted by atomic mass is 32.2. The van der Waals surface area contributed by atoms with E-state index in [9.17, 15) is 27.9 Å². The molecule has 1 saturated heterocycles. The van der Waals surface area contributed by atoms with E-state index in [4.69, 9.17) is 13.9 Å². The molecule has 0 amide bonds. The number of carboxylic acids is 1. The van der Waals surface area contributed by atoms with E-state index in [-0.39, 0.29) is 35.8 Å². The fraction of sp³-hybridized carbons (Fsp3) is 0.484. The predicted molar refractivity (Wildman–Crippen MR) is 171 cm³/mol. The summed E-state index contributed by atoms with van der Waals surface area (Å²) in [6, 6.07) is 7.30. The molecule has 0 radical (unpaired) electrons. The van der Waals surface area contributed by atoms with E-state index in [0.717, 1.165) is 4.57 Å². The fourth-order valence-electron chi connectivity index (χ4n) is 6.76. The number of ether oxygens (including phenoxy) is 2. The maximum atomic E-state index is 14.3. The largest absolute Gasteiger partial charge is 0.496 e. The zero-order chi connectivity index (χ0) is 33.1. The molecular weight excluding hydrogens is 636 g/mol. The SMILES string of the molecule is COc1ccccc1[C@@H](Cn1c(=O)n(C(C)(C)C(=O)O)c(=O)c2c(C)c(-c3ncco3)sc21)OC1C[C@@H]2CN(S(C)(=O)=O)C[C@@H]2C1. The third kappa shape index (κ3) is 5.48. The lowest BCUT2D eigenvalue weighted by atomic mass is 10.0. The molecule has 4 heterocycles. The molecule has 1 N–H and O–H groups in total. The van der Waals surface area contributed by atoms with Crippen molar-refractivity contribution in [2.24, 2.45) is 11.8 Å². The normalized spacial score (nSPS) is 21.1. The van der Waals surface area contributed by atoms with E-state index < -0.39 is 38.9 Å². The first-order chi connectivity index (χ1) is 21.7. The van der Waals surface area contributed by atoms with Crippen molar-refractivity contribution in [3.05, 3.63) is 68.7 Å². The average Bonchev–Trinajstić information content (AvgIpc) is 3.78. The van der Waals surface area contributed by atoms with Crippen molar-refractivity contribution in [1.29, 1.82) is 0 Å². The molecule has 15 heteroatoms. The van der Waals surface area contributed by atoms with Crippen LogP contribution in [0.15, 0.2) is 50.7 Å². The van der Waals surface area contributed by atoms with Crippen molar-refractivity contribution in [1.82, 2.24) is 18.4 Å².